The minimum absolute atomic E-state index is 0.497. The molecule has 1 fully saturated rings. The quantitative estimate of drug-likeness (QED) is 0.849. The fraction of sp³-hybridized carbons (Fsp3) is 0.625. The van der Waals surface area contributed by atoms with Gasteiger partial charge in [-0.15, -0.1) is 0 Å². The fourth-order valence-corrected chi connectivity index (χ4v) is 3.14. The molecule has 19 heavy (non-hydrogen) atoms. The van der Waals surface area contributed by atoms with Gasteiger partial charge in [0.15, 0.2) is 0 Å². The van der Waals surface area contributed by atoms with Crippen LogP contribution in [-0.4, -0.2) is 25.3 Å². The molecule has 0 amide bonds. The van der Waals surface area contributed by atoms with Gasteiger partial charge in [-0.3, -0.25) is 0 Å². The molecule has 0 atom stereocenters. The van der Waals surface area contributed by atoms with Crippen molar-refractivity contribution in [2.75, 3.05) is 13.2 Å². The smallest absolute Gasteiger partial charge is 0.0604 e. The van der Waals surface area contributed by atoms with Crippen molar-refractivity contribution >= 4 is 0 Å². The average molecular weight is 260 g/mol. The van der Waals surface area contributed by atoms with E-state index in [2.05, 4.69) is 35.8 Å². The first-order valence-electron chi connectivity index (χ1n) is 7.52. The van der Waals surface area contributed by atoms with Gasteiger partial charge in [0.1, 0.15) is 0 Å². The monoisotopic (exact) mass is 260 g/mol. The Hall–Kier alpha value is -0.900. The Morgan fingerprint density at radius 2 is 2.26 bits per heavy atom. The van der Waals surface area contributed by atoms with Crippen molar-refractivity contribution in [2.24, 2.45) is 0 Å². The lowest BCUT2D eigenvalue weighted by atomic mass is 9.88. The van der Waals surface area contributed by atoms with Crippen LogP contribution < -0.4 is 10.6 Å². The summed E-state index contributed by atoms with van der Waals surface area (Å²) in [5.41, 5.74) is 4.53. The molecule has 0 aromatic heterocycles. The van der Waals surface area contributed by atoms with Crippen LogP contribution in [0.2, 0.25) is 0 Å². The molecule has 3 rings (SSSR count). The summed E-state index contributed by atoms with van der Waals surface area (Å²) in [6, 6.07) is 7.36. The van der Waals surface area contributed by atoms with Crippen molar-refractivity contribution < 1.29 is 4.74 Å². The van der Waals surface area contributed by atoms with E-state index in [0.29, 0.717) is 12.1 Å². The number of rotatable bonds is 5. The van der Waals surface area contributed by atoms with Gasteiger partial charge in [0, 0.05) is 25.7 Å². The number of ether oxygens (including phenoxy) is 1. The third-order valence-electron chi connectivity index (χ3n) is 4.32. The molecule has 0 bridgehead atoms. The average Bonchev–Trinajstić information content (AvgIpc) is 2.41. The maximum absolute atomic E-state index is 5.60. The molecule has 3 heteroatoms. The van der Waals surface area contributed by atoms with Crippen LogP contribution in [0.1, 0.15) is 36.5 Å². The van der Waals surface area contributed by atoms with Crippen molar-refractivity contribution in [3.8, 4) is 0 Å². The van der Waals surface area contributed by atoms with Crippen molar-refractivity contribution in [2.45, 2.75) is 51.4 Å². The molecule has 3 nitrogen and oxygen atoms in total. The second-order valence-corrected chi connectivity index (χ2v) is 5.61. The van der Waals surface area contributed by atoms with Crippen LogP contribution in [0.25, 0.3) is 0 Å². The zero-order valence-corrected chi connectivity index (χ0v) is 11.7. The maximum Gasteiger partial charge on any atom is 0.0604 e. The van der Waals surface area contributed by atoms with E-state index in [-0.39, 0.29) is 0 Å². The molecule has 0 spiro atoms. The number of nitrogens with one attached hydrogen (secondary N) is 2. The van der Waals surface area contributed by atoms with E-state index >= 15 is 0 Å². The highest BCUT2D eigenvalue weighted by atomic mass is 16.5. The van der Waals surface area contributed by atoms with E-state index in [9.17, 15) is 0 Å². The molecule has 2 aliphatic rings. The van der Waals surface area contributed by atoms with Gasteiger partial charge >= 0.3 is 0 Å². The summed E-state index contributed by atoms with van der Waals surface area (Å²) in [4.78, 5) is 0. The van der Waals surface area contributed by atoms with Crippen molar-refractivity contribution in [1.82, 2.24) is 10.6 Å². The number of benzene rings is 1. The van der Waals surface area contributed by atoms with Crippen LogP contribution in [0.3, 0.4) is 0 Å². The fourth-order valence-electron chi connectivity index (χ4n) is 3.14. The Kier molecular flexibility index (Phi) is 4.16. The van der Waals surface area contributed by atoms with Crippen molar-refractivity contribution in [3.63, 3.8) is 0 Å². The minimum atomic E-state index is 0.497. The molecule has 1 saturated carbocycles. The lowest BCUT2D eigenvalue weighted by Crippen LogP contribution is -2.45. The Morgan fingerprint density at radius 1 is 1.37 bits per heavy atom. The molecule has 104 valence electrons. The Labute approximate surface area is 115 Å². The minimum Gasteiger partial charge on any atom is -0.378 e. The highest BCUT2D eigenvalue weighted by molar-refractivity contribution is 5.37. The second-order valence-electron chi connectivity index (χ2n) is 5.61. The van der Waals surface area contributed by atoms with Crippen LogP contribution >= 0.6 is 0 Å². The second kappa shape index (κ2) is 6.04. The standard InChI is InChI=1S/C16H24N2O/c1-2-19-15-8-14(9-15)18-11-13-5-3-4-12-10-17-7-6-16(12)13/h3-5,14-15,17-18H,2,6-11H2,1H3. The zero-order valence-electron chi connectivity index (χ0n) is 11.7. The molecule has 1 heterocycles. The van der Waals surface area contributed by atoms with Gasteiger partial charge in [-0.05, 0) is 49.4 Å². The lowest BCUT2D eigenvalue weighted by Gasteiger charge is -2.36. The topological polar surface area (TPSA) is 33.3 Å². The first kappa shape index (κ1) is 13.1. The summed E-state index contributed by atoms with van der Waals surface area (Å²) < 4.78 is 5.60. The first-order chi connectivity index (χ1) is 9.36. The first-order valence-corrected chi connectivity index (χ1v) is 7.52. The molecule has 0 saturated heterocycles. The third kappa shape index (κ3) is 2.99. The number of fused-ring (bicyclic) bond motifs is 1. The van der Waals surface area contributed by atoms with Crippen LogP contribution in [0.15, 0.2) is 18.2 Å². The SMILES string of the molecule is CCOC1CC(NCc2cccc3c2CCNC3)C1. The van der Waals surface area contributed by atoms with E-state index in [0.717, 1.165) is 26.2 Å². The molecule has 0 radical (unpaired) electrons. The Bertz CT molecular complexity index is 427. The Morgan fingerprint density at radius 3 is 3.11 bits per heavy atom. The molecule has 1 aromatic rings. The van der Waals surface area contributed by atoms with E-state index in [1.165, 1.54) is 30.4 Å². The summed E-state index contributed by atoms with van der Waals surface area (Å²) in [6.07, 6.45) is 4.00. The highest BCUT2D eigenvalue weighted by Crippen LogP contribution is 2.24. The summed E-state index contributed by atoms with van der Waals surface area (Å²) in [6.45, 7) is 6.06. The molecule has 1 aliphatic carbocycles. The summed E-state index contributed by atoms with van der Waals surface area (Å²) in [5, 5.41) is 7.11. The molecular formula is C16H24N2O. The van der Waals surface area contributed by atoms with Gasteiger partial charge in [0.25, 0.3) is 0 Å². The van der Waals surface area contributed by atoms with Crippen molar-refractivity contribution in [1.29, 1.82) is 0 Å². The zero-order chi connectivity index (χ0) is 13.1. The highest BCUT2D eigenvalue weighted by Gasteiger charge is 2.29. The van der Waals surface area contributed by atoms with Crippen LogP contribution in [0.5, 0.6) is 0 Å². The predicted molar refractivity (Wildman–Crippen MR) is 77.1 cm³/mol. The van der Waals surface area contributed by atoms with Crippen molar-refractivity contribution in [3.05, 3.63) is 34.9 Å². The maximum atomic E-state index is 5.60. The van der Waals surface area contributed by atoms with Crippen LogP contribution in [0, 0.1) is 0 Å². The summed E-state index contributed by atoms with van der Waals surface area (Å²) in [7, 11) is 0. The van der Waals surface area contributed by atoms with Gasteiger partial charge in [0.05, 0.1) is 6.10 Å². The van der Waals surface area contributed by atoms with Crippen LogP contribution in [-0.2, 0) is 24.2 Å². The third-order valence-corrected chi connectivity index (χ3v) is 4.32. The van der Waals surface area contributed by atoms with Gasteiger partial charge in [0.2, 0.25) is 0 Å². The van der Waals surface area contributed by atoms with E-state index in [4.69, 9.17) is 4.74 Å². The number of hydrogen-bond acceptors (Lipinski definition) is 3. The molecule has 1 aromatic carbocycles. The normalized spacial score (nSPS) is 25.7. The van der Waals surface area contributed by atoms with Crippen LogP contribution in [0.4, 0.5) is 0 Å². The Balaban J connectivity index is 1.53. The lowest BCUT2D eigenvalue weighted by molar-refractivity contribution is -0.0102. The molecule has 2 N–H and O–H groups in total. The van der Waals surface area contributed by atoms with Gasteiger partial charge in [-0.25, -0.2) is 0 Å². The van der Waals surface area contributed by atoms with Gasteiger partial charge in [-0.2, -0.15) is 0 Å². The molecule has 1 aliphatic heterocycles. The van der Waals surface area contributed by atoms with E-state index in [1.807, 2.05) is 0 Å². The largest absolute Gasteiger partial charge is 0.378 e. The summed E-state index contributed by atoms with van der Waals surface area (Å²) >= 11 is 0. The predicted octanol–water partition coefficient (Wildman–Crippen LogP) is 1.99. The number of hydrogen-bond donors (Lipinski definition) is 2. The van der Waals surface area contributed by atoms with E-state index in [1.54, 1.807) is 5.56 Å². The summed E-state index contributed by atoms with van der Waals surface area (Å²) in [5.74, 6) is 0. The van der Waals surface area contributed by atoms with Gasteiger partial charge in [-0.1, -0.05) is 18.2 Å². The molecular weight excluding hydrogens is 236 g/mol. The van der Waals surface area contributed by atoms with E-state index < -0.39 is 0 Å². The molecule has 0 unspecified atom stereocenters. The van der Waals surface area contributed by atoms with Gasteiger partial charge < -0.3 is 15.4 Å².